The van der Waals surface area contributed by atoms with Crippen molar-refractivity contribution in [3.05, 3.63) is 63.6 Å². The Balaban J connectivity index is 0.000000271. The average molecular weight is 409 g/mol. The number of halogens is 2. The van der Waals surface area contributed by atoms with Crippen LogP contribution in [0.3, 0.4) is 0 Å². The molecule has 2 rings (SSSR count). The lowest BCUT2D eigenvalue weighted by molar-refractivity contribution is -0.121. The second-order valence-electron chi connectivity index (χ2n) is 6.83. The second-order valence-corrected chi connectivity index (χ2v) is 7.70. The SMILES string of the molecule is CC(C)C(=O)Cc1cccc(Cl)c1.COc1cc(Cl)cc(C(=O)C(C)C)c1. The van der Waals surface area contributed by atoms with Gasteiger partial charge in [0.25, 0.3) is 0 Å². The van der Waals surface area contributed by atoms with Crippen LogP contribution in [0, 0.1) is 11.8 Å². The van der Waals surface area contributed by atoms with Crippen molar-refractivity contribution in [2.24, 2.45) is 11.8 Å². The van der Waals surface area contributed by atoms with Gasteiger partial charge in [-0.1, -0.05) is 63.0 Å². The summed E-state index contributed by atoms with van der Waals surface area (Å²) in [6.45, 7) is 7.53. The van der Waals surface area contributed by atoms with Crippen LogP contribution in [0.2, 0.25) is 10.0 Å². The van der Waals surface area contributed by atoms with E-state index < -0.39 is 0 Å². The van der Waals surface area contributed by atoms with E-state index in [2.05, 4.69) is 0 Å². The van der Waals surface area contributed by atoms with Gasteiger partial charge in [-0.05, 0) is 35.9 Å². The number of ether oxygens (including phenoxy) is 1. The molecule has 2 aromatic rings. The zero-order valence-electron chi connectivity index (χ0n) is 16.4. The van der Waals surface area contributed by atoms with Gasteiger partial charge in [-0.3, -0.25) is 9.59 Å². The third-order valence-electron chi connectivity index (χ3n) is 3.83. The summed E-state index contributed by atoms with van der Waals surface area (Å²) < 4.78 is 5.03. The van der Waals surface area contributed by atoms with Crippen LogP contribution < -0.4 is 4.74 Å². The highest BCUT2D eigenvalue weighted by Crippen LogP contribution is 2.22. The standard InChI is InChI=1S/C11H13ClO2.C11H13ClO/c1-7(2)11(13)8-4-9(12)6-10(5-8)14-3;1-8(2)11(13)7-9-4-3-5-10(12)6-9/h4-7H,1-3H3;3-6,8H,7H2,1-2H3. The van der Waals surface area contributed by atoms with Gasteiger partial charge in [0.2, 0.25) is 0 Å². The lowest BCUT2D eigenvalue weighted by atomic mass is 10.0. The van der Waals surface area contributed by atoms with Crippen LogP contribution in [0.25, 0.3) is 0 Å². The molecule has 146 valence electrons. The molecule has 0 unspecified atom stereocenters. The average Bonchev–Trinajstić information content (AvgIpc) is 2.60. The van der Waals surface area contributed by atoms with Crippen molar-refractivity contribution in [1.82, 2.24) is 0 Å². The molecule has 0 amide bonds. The van der Waals surface area contributed by atoms with E-state index in [9.17, 15) is 9.59 Å². The van der Waals surface area contributed by atoms with E-state index in [1.54, 1.807) is 25.3 Å². The number of carbonyl (C=O) groups is 2. The minimum Gasteiger partial charge on any atom is -0.497 e. The van der Waals surface area contributed by atoms with Gasteiger partial charge in [-0.15, -0.1) is 0 Å². The van der Waals surface area contributed by atoms with Gasteiger partial charge in [-0.2, -0.15) is 0 Å². The maximum Gasteiger partial charge on any atom is 0.165 e. The van der Waals surface area contributed by atoms with Crippen LogP contribution in [-0.4, -0.2) is 18.7 Å². The molecule has 3 nitrogen and oxygen atoms in total. The van der Waals surface area contributed by atoms with Crippen LogP contribution in [-0.2, 0) is 11.2 Å². The van der Waals surface area contributed by atoms with Crippen LogP contribution in [0.5, 0.6) is 5.75 Å². The van der Waals surface area contributed by atoms with Crippen molar-refractivity contribution in [3.8, 4) is 5.75 Å². The van der Waals surface area contributed by atoms with E-state index in [0.717, 1.165) is 5.56 Å². The highest BCUT2D eigenvalue weighted by molar-refractivity contribution is 6.31. The molecule has 0 fully saturated rings. The number of carbonyl (C=O) groups excluding carboxylic acids is 2. The van der Waals surface area contributed by atoms with Gasteiger partial charge in [0.15, 0.2) is 5.78 Å². The van der Waals surface area contributed by atoms with E-state index in [0.29, 0.717) is 27.8 Å². The quantitative estimate of drug-likeness (QED) is 0.526. The molecular formula is C22H26Cl2O3. The largest absolute Gasteiger partial charge is 0.497 e. The van der Waals surface area contributed by atoms with E-state index in [1.165, 1.54) is 0 Å². The second kappa shape index (κ2) is 11.1. The zero-order valence-corrected chi connectivity index (χ0v) is 17.9. The molecule has 5 heteroatoms. The number of Topliss-reactive ketones (excluding diaryl/α,β-unsaturated/α-hetero) is 2. The summed E-state index contributed by atoms with van der Waals surface area (Å²) >= 11 is 11.6. The zero-order chi connectivity index (χ0) is 20.6. The Hall–Kier alpha value is -1.84. The van der Waals surface area contributed by atoms with Crippen LogP contribution >= 0.6 is 23.2 Å². The number of benzene rings is 2. The Morgan fingerprint density at radius 3 is 2.11 bits per heavy atom. The van der Waals surface area contributed by atoms with Gasteiger partial charge in [0.05, 0.1) is 7.11 Å². The van der Waals surface area contributed by atoms with Crippen molar-refractivity contribution < 1.29 is 14.3 Å². The molecule has 0 saturated heterocycles. The van der Waals surface area contributed by atoms with E-state index in [4.69, 9.17) is 27.9 Å². The summed E-state index contributed by atoms with van der Waals surface area (Å²) in [5.41, 5.74) is 1.59. The van der Waals surface area contributed by atoms with Gasteiger partial charge in [0.1, 0.15) is 11.5 Å². The lowest BCUT2D eigenvalue weighted by Crippen LogP contribution is -2.09. The molecule has 0 radical (unpaired) electrons. The van der Waals surface area contributed by atoms with Crippen molar-refractivity contribution in [3.63, 3.8) is 0 Å². The maximum atomic E-state index is 11.7. The fraction of sp³-hybridized carbons (Fsp3) is 0.364. The Kier molecular flexibility index (Phi) is 9.54. The number of hydrogen-bond donors (Lipinski definition) is 0. The van der Waals surface area contributed by atoms with Crippen molar-refractivity contribution in [1.29, 1.82) is 0 Å². The molecule has 0 saturated carbocycles. The van der Waals surface area contributed by atoms with Gasteiger partial charge in [-0.25, -0.2) is 0 Å². The number of ketones is 2. The van der Waals surface area contributed by atoms with E-state index in [1.807, 2.05) is 52.0 Å². The molecule has 0 N–H and O–H groups in total. The Bertz CT molecular complexity index is 783. The first-order valence-corrected chi connectivity index (χ1v) is 9.55. The number of rotatable bonds is 6. The van der Waals surface area contributed by atoms with E-state index >= 15 is 0 Å². The normalized spacial score (nSPS) is 10.4. The molecule has 0 atom stereocenters. The monoisotopic (exact) mass is 408 g/mol. The predicted octanol–water partition coefficient (Wildman–Crippen LogP) is 6.29. The summed E-state index contributed by atoms with van der Waals surface area (Å²) in [5.74, 6) is 1.01. The Labute approximate surface area is 171 Å². The minimum absolute atomic E-state index is 0.0295. The molecule has 0 heterocycles. The Morgan fingerprint density at radius 1 is 0.926 bits per heavy atom. The molecule has 0 bridgehead atoms. The first-order valence-electron chi connectivity index (χ1n) is 8.80. The Morgan fingerprint density at radius 2 is 1.59 bits per heavy atom. The third-order valence-corrected chi connectivity index (χ3v) is 4.28. The van der Waals surface area contributed by atoms with Gasteiger partial charge >= 0.3 is 0 Å². The fourth-order valence-corrected chi connectivity index (χ4v) is 2.65. The lowest BCUT2D eigenvalue weighted by Gasteiger charge is -2.07. The molecule has 0 aromatic heterocycles. The first kappa shape index (κ1) is 23.2. The molecular weight excluding hydrogens is 383 g/mol. The van der Waals surface area contributed by atoms with Gasteiger partial charge < -0.3 is 4.74 Å². The molecule has 0 aliphatic heterocycles. The smallest absolute Gasteiger partial charge is 0.165 e. The summed E-state index contributed by atoms with van der Waals surface area (Å²) in [5, 5.41) is 1.21. The summed E-state index contributed by atoms with van der Waals surface area (Å²) in [4.78, 5) is 23.0. The molecule has 0 aliphatic carbocycles. The first-order chi connectivity index (χ1) is 12.6. The highest BCUT2D eigenvalue weighted by Gasteiger charge is 2.12. The van der Waals surface area contributed by atoms with Gasteiger partial charge in [0, 0.05) is 33.9 Å². The summed E-state index contributed by atoms with van der Waals surface area (Å²) in [6.07, 6.45) is 0.484. The molecule has 0 spiro atoms. The van der Waals surface area contributed by atoms with Crippen molar-refractivity contribution >= 4 is 34.8 Å². The molecule has 27 heavy (non-hydrogen) atoms. The van der Waals surface area contributed by atoms with Crippen LogP contribution in [0.1, 0.15) is 43.6 Å². The van der Waals surface area contributed by atoms with Crippen LogP contribution in [0.4, 0.5) is 0 Å². The topological polar surface area (TPSA) is 43.4 Å². The highest BCUT2D eigenvalue weighted by atomic mass is 35.5. The molecule has 2 aromatic carbocycles. The number of methoxy groups -OCH3 is 1. The van der Waals surface area contributed by atoms with E-state index in [-0.39, 0.29) is 23.4 Å². The molecule has 0 aliphatic rings. The van der Waals surface area contributed by atoms with Crippen molar-refractivity contribution in [2.75, 3.05) is 7.11 Å². The van der Waals surface area contributed by atoms with Crippen molar-refractivity contribution in [2.45, 2.75) is 34.1 Å². The predicted molar refractivity (Wildman–Crippen MR) is 112 cm³/mol. The minimum atomic E-state index is -0.0295. The van der Waals surface area contributed by atoms with Crippen LogP contribution in [0.15, 0.2) is 42.5 Å². The maximum absolute atomic E-state index is 11.7. The third kappa shape index (κ3) is 8.15. The fourth-order valence-electron chi connectivity index (χ4n) is 2.21. The summed E-state index contributed by atoms with van der Waals surface area (Å²) in [6, 6.07) is 12.5. The number of hydrogen-bond acceptors (Lipinski definition) is 3. The summed E-state index contributed by atoms with van der Waals surface area (Å²) in [7, 11) is 1.55.